The lowest BCUT2D eigenvalue weighted by Crippen LogP contribution is -2.51. The highest BCUT2D eigenvalue weighted by molar-refractivity contribution is 7.89. The van der Waals surface area contributed by atoms with Gasteiger partial charge in [0.1, 0.15) is 12.4 Å². The van der Waals surface area contributed by atoms with E-state index in [1.54, 1.807) is 23.2 Å². The molecule has 0 spiro atoms. The number of fused-ring (bicyclic) bond motifs is 1. The van der Waals surface area contributed by atoms with Crippen molar-refractivity contribution in [2.75, 3.05) is 38.5 Å². The first-order valence-electron chi connectivity index (χ1n) is 10.0. The smallest absolute Gasteiger partial charge is 0.257 e. The van der Waals surface area contributed by atoms with Crippen LogP contribution in [0.3, 0.4) is 0 Å². The van der Waals surface area contributed by atoms with Crippen LogP contribution < -0.4 is 4.74 Å². The van der Waals surface area contributed by atoms with E-state index in [9.17, 15) is 13.2 Å². The molecule has 4 rings (SSSR count). The van der Waals surface area contributed by atoms with E-state index in [0.29, 0.717) is 37.5 Å². The molecule has 29 heavy (non-hydrogen) atoms. The molecule has 2 aromatic rings. The molecule has 1 aromatic carbocycles. The normalized spacial score (nSPS) is 17.7. The van der Waals surface area contributed by atoms with Crippen molar-refractivity contribution >= 4 is 15.9 Å². The van der Waals surface area contributed by atoms with Crippen LogP contribution in [0.15, 0.2) is 36.5 Å². The number of nitrogens with zero attached hydrogens (tertiary/aromatic N) is 4. The van der Waals surface area contributed by atoms with E-state index in [2.05, 4.69) is 5.10 Å². The minimum Gasteiger partial charge on any atom is -0.492 e. The monoisotopic (exact) mass is 418 g/mol. The number of aryl methyl sites for hydroxylation is 1. The molecule has 0 atom stereocenters. The third-order valence-electron chi connectivity index (χ3n) is 5.49. The molecule has 0 radical (unpaired) electrons. The molecule has 8 nitrogen and oxygen atoms in total. The van der Waals surface area contributed by atoms with Gasteiger partial charge in [0.25, 0.3) is 5.91 Å². The molecule has 0 saturated carbocycles. The van der Waals surface area contributed by atoms with Gasteiger partial charge in [-0.1, -0.05) is 18.2 Å². The van der Waals surface area contributed by atoms with Gasteiger partial charge in [-0.25, -0.2) is 8.42 Å². The average Bonchev–Trinajstić information content (AvgIpc) is 3.18. The van der Waals surface area contributed by atoms with Gasteiger partial charge in [-0.15, -0.1) is 0 Å². The van der Waals surface area contributed by atoms with Gasteiger partial charge >= 0.3 is 0 Å². The Bertz CT molecular complexity index is 950. The number of piperazine rings is 1. The summed E-state index contributed by atoms with van der Waals surface area (Å²) in [6.45, 7) is 2.37. The SMILES string of the molecule is O=C(c1cnn2c1CCCC2)N1CCN(S(=O)(=O)CCOc2ccccc2)CC1. The van der Waals surface area contributed by atoms with Gasteiger partial charge in [-0.05, 0) is 31.4 Å². The van der Waals surface area contributed by atoms with Crippen molar-refractivity contribution in [1.29, 1.82) is 0 Å². The summed E-state index contributed by atoms with van der Waals surface area (Å²) in [5, 5.41) is 4.33. The zero-order valence-corrected chi connectivity index (χ0v) is 17.2. The Balaban J connectivity index is 1.30. The maximum atomic E-state index is 12.9. The Morgan fingerprint density at radius 3 is 2.55 bits per heavy atom. The molecule has 156 valence electrons. The first-order chi connectivity index (χ1) is 14.0. The summed E-state index contributed by atoms with van der Waals surface area (Å²) < 4.78 is 34.1. The molecule has 0 N–H and O–H groups in total. The molecular formula is C20H26N4O4S. The molecule has 1 saturated heterocycles. The molecular weight excluding hydrogens is 392 g/mol. The zero-order chi connectivity index (χ0) is 20.3. The summed E-state index contributed by atoms with van der Waals surface area (Å²) in [6.07, 6.45) is 4.69. The number of benzene rings is 1. The Morgan fingerprint density at radius 1 is 1.03 bits per heavy atom. The molecule has 1 aromatic heterocycles. The van der Waals surface area contributed by atoms with Crippen molar-refractivity contribution in [3.05, 3.63) is 47.8 Å². The maximum Gasteiger partial charge on any atom is 0.257 e. The minimum absolute atomic E-state index is 0.0439. The molecule has 1 fully saturated rings. The van der Waals surface area contributed by atoms with Crippen LogP contribution in [-0.2, 0) is 23.0 Å². The number of carbonyl (C=O) groups excluding carboxylic acids is 1. The first-order valence-corrected chi connectivity index (χ1v) is 11.7. The topological polar surface area (TPSA) is 84.7 Å². The number of rotatable bonds is 6. The molecule has 0 bridgehead atoms. The number of ether oxygens (including phenoxy) is 1. The number of sulfonamides is 1. The van der Waals surface area contributed by atoms with Crippen molar-refractivity contribution in [3.63, 3.8) is 0 Å². The molecule has 0 aliphatic carbocycles. The van der Waals surface area contributed by atoms with Gasteiger partial charge in [0, 0.05) is 32.7 Å². The molecule has 1 amide bonds. The van der Waals surface area contributed by atoms with Gasteiger partial charge in [0.2, 0.25) is 10.0 Å². The number of hydrogen-bond acceptors (Lipinski definition) is 5. The predicted molar refractivity (Wildman–Crippen MR) is 108 cm³/mol. The van der Waals surface area contributed by atoms with E-state index in [4.69, 9.17) is 4.74 Å². The summed E-state index contributed by atoms with van der Waals surface area (Å²) in [7, 11) is -3.42. The summed E-state index contributed by atoms with van der Waals surface area (Å²) in [5.74, 6) is 0.535. The largest absolute Gasteiger partial charge is 0.492 e. The standard InChI is InChI=1S/C20H26N4O4S/c25-20(18-16-21-24-9-5-4-8-19(18)24)22-10-12-23(13-11-22)29(26,27)15-14-28-17-6-2-1-3-7-17/h1-3,6-7,16H,4-5,8-15H2. The van der Waals surface area contributed by atoms with Crippen LogP contribution in [0.2, 0.25) is 0 Å². The highest BCUT2D eigenvalue weighted by Crippen LogP contribution is 2.20. The highest BCUT2D eigenvalue weighted by Gasteiger charge is 2.31. The van der Waals surface area contributed by atoms with Crippen molar-refractivity contribution in [2.45, 2.75) is 25.8 Å². The Labute approximate surface area is 171 Å². The lowest BCUT2D eigenvalue weighted by Gasteiger charge is -2.34. The molecule has 2 aliphatic heterocycles. The lowest BCUT2D eigenvalue weighted by molar-refractivity contribution is 0.0696. The van der Waals surface area contributed by atoms with Crippen molar-refractivity contribution in [2.24, 2.45) is 0 Å². The maximum absolute atomic E-state index is 12.9. The fourth-order valence-electron chi connectivity index (χ4n) is 3.85. The average molecular weight is 419 g/mol. The number of para-hydroxylation sites is 1. The Kier molecular flexibility index (Phi) is 5.86. The van der Waals surface area contributed by atoms with E-state index in [-0.39, 0.29) is 18.3 Å². The second kappa shape index (κ2) is 8.54. The summed E-state index contributed by atoms with van der Waals surface area (Å²) in [4.78, 5) is 14.6. The van der Waals surface area contributed by atoms with Gasteiger partial charge in [-0.3, -0.25) is 9.48 Å². The van der Waals surface area contributed by atoms with Gasteiger partial charge in [0.05, 0.1) is 23.2 Å². The number of carbonyl (C=O) groups is 1. The van der Waals surface area contributed by atoms with Crippen LogP contribution >= 0.6 is 0 Å². The summed E-state index contributed by atoms with van der Waals surface area (Å²) in [6, 6.07) is 9.17. The predicted octanol–water partition coefficient (Wildman–Crippen LogP) is 1.39. The van der Waals surface area contributed by atoms with Crippen LogP contribution in [0.1, 0.15) is 28.9 Å². The second-order valence-electron chi connectivity index (χ2n) is 7.35. The number of amides is 1. The lowest BCUT2D eigenvalue weighted by atomic mass is 10.1. The van der Waals surface area contributed by atoms with Crippen molar-refractivity contribution < 1.29 is 17.9 Å². The van der Waals surface area contributed by atoms with E-state index >= 15 is 0 Å². The van der Waals surface area contributed by atoms with Crippen LogP contribution in [-0.4, -0.2) is 71.8 Å². The molecule has 3 heterocycles. The third-order valence-corrected chi connectivity index (χ3v) is 7.32. The second-order valence-corrected chi connectivity index (χ2v) is 9.44. The number of aromatic nitrogens is 2. The highest BCUT2D eigenvalue weighted by atomic mass is 32.2. The summed E-state index contributed by atoms with van der Waals surface area (Å²) >= 11 is 0. The van der Waals surface area contributed by atoms with E-state index in [0.717, 1.165) is 31.5 Å². The zero-order valence-electron chi connectivity index (χ0n) is 16.4. The van der Waals surface area contributed by atoms with Crippen LogP contribution in [0.4, 0.5) is 0 Å². The molecule has 9 heteroatoms. The fourth-order valence-corrected chi connectivity index (χ4v) is 5.12. The molecule has 0 unspecified atom stereocenters. The van der Waals surface area contributed by atoms with Gasteiger partial charge in [-0.2, -0.15) is 9.40 Å². The van der Waals surface area contributed by atoms with E-state index in [1.165, 1.54) is 4.31 Å². The van der Waals surface area contributed by atoms with E-state index in [1.807, 2.05) is 22.9 Å². The number of hydrogen-bond donors (Lipinski definition) is 0. The fraction of sp³-hybridized carbons (Fsp3) is 0.500. The first kappa shape index (κ1) is 19.9. The molecule has 2 aliphatic rings. The summed E-state index contributed by atoms with van der Waals surface area (Å²) in [5.41, 5.74) is 1.67. The minimum atomic E-state index is -3.42. The van der Waals surface area contributed by atoms with Crippen LogP contribution in [0.25, 0.3) is 0 Å². The Hall–Kier alpha value is -2.39. The van der Waals surface area contributed by atoms with E-state index < -0.39 is 10.0 Å². The van der Waals surface area contributed by atoms with Crippen LogP contribution in [0.5, 0.6) is 5.75 Å². The Morgan fingerprint density at radius 2 is 1.79 bits per heavy atom. The van der Waals surface area contributed by atoms with Crippen LogP contribution in [0, 0.1) is 0 Å². The van der Waals surface area contributed by atoms with Crippen molar-refractivity contribution in [1.82, 2.24) is 19.0 Å². The van der Waals surface area contributed by atoms with Crippen molar-refractivity contribution in [3.8, 4) is 5.75 Å². The quantitative estimate of drug-likeness (QED) is 0.708. The third kappa shape index (κ3) is 4.45. The van der Waals surface area contributed by atoms with Gasteiger partial charge in [0.15, 0.2) is 0 Å². The van der Waals surface area contributed by atoms with Gasteiger partial charge < -0.3 is 9.64 Å².